The number of likely N-dealkylation sites (tertiary alicyclic amines) is 2. The van der Waals surface area contributed by atoms with Crippen molar-refractivity contribution < 1.29 is 14.0 Å². The van der Waals surface area contributed by atoms with Gasteiger partial charge in [-0.15, -0.1) is 5.10 Å². The van der Waals surface area contributed by atoms with Gasteiger partial charge in [-0.3, -0.25) is 9.69 Å². The lowest BCUT2D eigenvalue weighted by Gasteiger charge is -2.42. The molecule has 2 aliphatic heterocycles. The summed E-state index contributed by atoms with van der Waals surface area (Å²) in [5.41, 5.74) is 3.64. The number of hydrogen-bond acceptors (Lipinski definition) is 7. The maximum Gasteiger partial charge on any atom is 0.319 e. The molecule has 0 aliphatic carbocycles. The molecule has 3 atom stereocenters. The number of aromatic nitrogens is 4. The number of hydrogen-bond donors (Lipinski definition) is 3. The number of nitrogens with zero attached hydrogens (tertiary/aromatic N) is 6. The summed E-state index contributed by atoms with van der Waals surface area (Å²) < 4.78 is 15.0. The number of aryl methyl sites for hydroxylation is 2. The first kappa shape index (κ1) is 32.5. The highest BCUT2D eigenvalue weighted by molar-refractivity contribution is 5.90. The molecule has 2 fully saturated rings. The molecule has 0 bridgehead atoms. The molecule has 2 aliphatic rings. The van der Waals surface area contributed by atoms with Gasteiger partial charge in [-0.2, -0.15) is 0 Å². The van der Waals surface area contributed by atoms with Crippen molar-refractivity contribution in [2.45, 2.75) is 58.5 Å². The predicted molar refractivity (Wildman–Crippen MR) is 172 cm³/mol. The lowest BCUT2D eigenvalue weighted by molar-refractivity contribution is -0.123. The number of nitrogens with one attached hydrogen (secondary N) is 3. The first-order valence-corrected chi connectivity index (χ1v) is 16.0. The second-order valence-electron chi connectivity index (χ2n) is 13.0. The van der Waals surface area contributed by atoms with Gasteiger partial charge in [0, 0.05) is 62.5 Å². The molecule has 1 aromatic heterocycles. The topological polar surface area (TPSA) is 120 Å². The maximum absolute atomic E-state index is 13.4. The van der Waals surface area contributed by atoms with E-state index < -0.39 is 0 Å². The van der Waals surface area contributed by atoms with Gasteiger partial charge in [-0.05, 0) is 111 Å². The Morgan fingerprint density at radius 3 is 2.58 bits per heavy atom. The zero-order valence-electron chi connectivity index (χ0n) is 26.8. The first-order chi connectivity index (χ1) is 21.6. The van der Waals surface area contributed by atoms with Gasteiger partial charge in [-0.25, -0.2) is 13.9 Å². The molecular formula is C33H46FN9O2. The van der Waals surface area contributed by atoms with Crippen LogP contribution in [-0.2, 0) is 18.3 Å². The smallest absolute Gasteiger partial charge is 0.319 e. The van der Waals surface area contributed by atoms with Crippen molar-refractivity contribution in [3.8, 4) is 11.4 Å². The van der Waals surface area contributed by atoms with Gasteiger partial charge < -0.3 is 20.9 Å². The van der Waals surface area contributed by atoms with Crippen molar-refractivity contribution in [2.75, 3.05) is 44.6 Å². The number of piperidine rings is 2. The molecule has 45 heavy (non-hydrogen) atoms. The summed E-state index contributed by atoms with van der Waals surface area (Å²) in [6, 6.07) is 12.4. The summed E-state index contributed by atoms with van der Waals surface area (Å²) >= 11 is 0. The fourth-order valence-corrected chi connectivity index (χ4v) is 6.76. The van der Waals surface area contributed by atoms with Crippen molar-refractivity contribution in [2.24, 2.45) is 18.9 Å². The number of tetrazole rings is 1. The van der Waals surface area contributed by atoms with E-state index in [1.807, 2.05) is 51.1 Å². The summed E-state index contributed by atoms with van der Waals surface area (Å²) in [5, 5.41) is 21.1. The van der Waals surface area contributed by atoms with Crippen molar-refractivity contribution in [3.05, 3.63) is 59.4 Å². The number of carbonyl (C=O) groups excluding carboxylic acids is 2. The number of amides is 3. The predicted octanol–water partition coefficient (Wildman–Crippen LogP) is 3.62. The minimum atomic E-state index is -0.253. The van der Waals surface area contributed by atoms with Crippen LogP contribution in [0.1, 0.15) is 44.2 Å². The third kappa shape index (κ3) is 9.30. The van der Waals surface area contributed by atoms with E-state index in [4.69, 9.17) is 0 Å². The van der Waals surface area contributed by atoms with Crippen molar-refractivity contribution in [3.63, 3.8) is 0 Å². The highest BCUT2D eigenvalue weighted by Gasteiger charge is 2.34. The molecule has 242 valence electrons. The largest absolute Gasteiger partial charge is 0.353 e. The Balaban J connectivity index is 1.24. The van der Waals surface area contributed by atoms with E-state index in [2.05, 4.69) is 41.3 Å². The highest BCUT2D eigenvalue weighted by Crippen LogP contribution is 2.26. The molecule has 3 heterocycles. The summed E-state index contributed by atoms with van der Waals surface area (Å²) in [4.78, 5) is 30.7. The Bertz CT molecular complexity index is 1440. The van der Waals surface area contributed by atoms with Crippen LogP contribution in [0.3, 0.4) is 0 Å². The van der Waals surface area contributed by atoms with E-state index in [9.17, 15) is 14.0 Å². The number of benzene rings is 2. The Morgan fingerprint density at radius 2 is 1.84 bits per heavy atom. The van der Waals surface area contributed by atoms with Crippen LogP contribution in [0.2, 0.25) is 0 Å². The van der Waals surface area contributed by atoms with Gasteiger partial charge in [-0.1, -0.05) is 12.1 Å². The normalized spacial score (nSPS) is 21.1. The number of rotatable bonds is 10. The molecule has 0 saturated carbocycles. The average Bonchev–Trinajstić information content (AvgIpc) is 3.41. The second kappa shape index (κ2) is 14.9. The molecule has 11 nitrogen and oxygen atoms in total. The summed E-state index contributed by atoms with van der Waals surface area (Å²) in [7, 11) is 1.78. The molecule has 0 spiro atoms. The molecule has 3 amide bonds. The van der Waals surface area contributed by atoms with Crippen LogP contribution in [0.5, 0.6) is 0 Å². The lowest BCUT2D eigenvalue weighted by Crippen LogP contribution is -2.56. The first-order valence-electron chi connectivity index (χ1n) is 16.0. The Hall–Kier alpha value is -3.90. The van der Waals surface area contributed by atoms with Gasteiger partial charge in [0.25, 0.3) is 0 Å². The van der Waals surface area contributed by atoms with Crippen LogP contribution in [-0.4, -0.2) is 93.3 Å². The van der Waals surface area contributed by atoms with Crippen molar-refractivity contribution in [1.29, 1.82) is 0 Å². The number of carbonyl (C=O) groups is 2. The van der Waals surface area contributed by atoms with Gasteiger partial charge in [0.05, 0.1) is 6.54 Å². The number of halogens is 1. The van der Waals surface area contributed by atoms with Crippen LogP contribution < -0.4 is 16.0 Å². The molecule has 0 radical (unpaired) electrons. The van der Waals surface area contributed by atoms with E-state index >= 15 is 0 Å². The zero-order valence-corrected chi connectivity index (χ0v) is 26.8. The molecule has 3 aromatic rings. The highest BCUT2D eigenvalue weighted by atomic mass is 19.1. The molecule has 1 unspecified atom stereocenters. The van der Waals surface area contributed by atoms with Gasteiger partial charge in [0.15, 0.2) is 5.82 Å². The molecule has 2 saturated heterocycles. The SMILES string of the molecule is Cc1cc(NC(=O)N[C@@H]2CCN(CC(=O)NC(C)C)C[C@H]2CN2CCCC(Cc3ccc(F)cc3)C2)cc(-c2nnnn2C)c1. The molecule has 5 rings (SSSR count). The lowest BCUT2D eigenvalue weighted by atomic mass is 9.88. The van der Waals surface area contributed by atoms with Gasteiger partial charge in [0.1, 0.15) is 5.82 Å². The Morgan fingerprint density at radius 1 is 1.04 bits per heavy atom. The van der Waals surface area contributed by atoms with Gasteiger partial charge in [0.2, 0.25) is 5.91 Å². The Labute approximate surface area is 264 Å². The third-order valence-corrected chi connectivity index (χ3v) is 8.70. The fourth-order valence-electron chi connectivity index (χ4n) is 6.76. The second-order valence-corrected chi connectivity index (χ2v) is 13.0. The van der Waals surface area contributed by atoms with E-state index in [0.29, 0.717) is 24.0 Å². The van der Waals surface area contributed by atoms with Crippen LogP contribution in [0.15, 0.2) is 42.5 Å². The molecule has 2 aromatic carbocycles. The number of anilines is 1. The minimum absolute atomic E-state index is 0.0265. The van der Waals surface area contributed by atoms with Crippen LogP contribution in [0.4, 0.5) is 14.9 Å². The van der Waals surface area contributed by atoms with E-state index in [-0.39, 0.29) is 35.8 Å². The monoisotopic (exact) mass is 619 g/mol. The zero-order chi connectivity index (χ0) is 31.9. The molecule has 3 N–H and O–H groups in total. The molecule has 12 heteroatoms. The average molecular weight is 620 g/mol. The van der Waals surface area contributed by atoms with Crippen molar-refractivity contribution >= 4 is 17.6 Å². The standard InChI is InChI=1S/C33H46FN9O2/c1-22(2)35-31(44)21-43-13-11-30(37-33(45)36-29-15-23(3)14-26(17-29)32-38-39-40-41(32)4)27(20-43)19-42-12-5-6-25(18-42)16-24-7-9-28(34)10-8-24/h7-10,14-15,17,22,25,27,30H,5-6,11-13,16,18-21H2,1-4H3,(H,35,44)(H2,36,37,45)/t25?,27-,30-/m1/s1. The van der Waals surface area contributed by atoms with Crippen LogP contribution in [0.25, 0.3) is 11.4 Å². The van der Waals surface area contributed by atoms with Gasteiger partial charge >= 0.3 is 6.03 Å². The van der Waals surface area contributed by atoms with Crippen molar-refractivity contribution in [1.82, 2.24) is 40.6 Å². The quantitative estimate of drug-likeness (QED) is 0.317. The number of urea groups is 1. The summed E-state index contributed by atoms with van der Waals surface area (Å²) in [6.07, 6.45) is 3.93. The van der Waals surface area contributed by atoms with E-state index in [1.165, 1.54) is 12.1 Å². The maximum atomic E-state index is 13.4. The Kier molecular flexibility index (Phi) is 10.8. The third-order valence-electron chi connectivity index (χ3n) is 8.70. The van der Waals surface area contributed by atoms with E-state index in [0.717, 1.165) is 75.1 Å². The minimum Gasteiger partial charge on any atom is -0.353 e. The fraction of sp³-hybridized carbons (Fsp3) is 0.545. The van der Waals surface area contributed by atoms with E-state index in [1.54, 1.807) is 11.7 Å². The van der Waals surface area contributed by atoms with Crippen LogP contribution in [0, 0.1) is 24.6 Å². The van der Waals surface area contributed by atoms with Crippen LogP contribution >= 0.6 is 0 Å². The summed E-state index contributed by atoms with van der Waals surface area (Å²) in [5.74, 6) is 1.09. The summed E-state index contributed by atoms with van der Waals surface area (Å²) in [6.45, 7) is 10.5. The molecular weight excluding hydrogens is 573 g/mol.